The Bertz CT molecular complexity index is 757. The number of thioether (sulfide) groups is 1. The lowest BCUT2D eigenvalue weighted by Gasteiger charge is -2.21. The largest absolute Gasteiger partial charge is 0.480 e. The van der Waals surface area contributed by atoms with E-state index in [1.807, 2.05) is 5.38 Å². The third-order valence-corrected chi connectivity index (χ3v) is 6.94. The fraction of sp³-hybridized carbons (Fsp3) is 0.667. The number of unbranched alkanes of at least 4 members (excludes halogenated alkanes) is 3. The van der Waals surface area contributed by atoms with Crippen molar-refractivity contribution in [3.63, 3.8) is 0 Å². The summed E-state index contributed by atoms with van der Waals surface area (Å²) in [5, 5.41) is 19.1. The van der Waals surface area contributed by atoms with Gasteiger partial charge in [-0.15, -0.1) is 11.3 Å². The monoisotopic (exact) mass is 438 g/mol. The summed E-state index contributed by atoms with van der Waals surface area (Å²) in [4.78, 5) is 18.3. The molecule has 0 amide bonds. The van der Waals surface area contributed by atoms with Gasteiger partial charge in [0.15, 0.2) is 10.2 Å². The van der Waals surface area contributed by atoms with Crippen molar-refractivity contribution in [2.75, 3.05) is 18.0 Å². The molecule has 0 atom stereocenters. The number of carbonyl (C=O) groups is 1. The topological polar surface area (TPSA) is 82.1 Å². The zero-order valence-corrected chi connectivity index (χ0v) is 19.7. The number of aromatic amines is 1. The lowest BCUT2D eigenvalue weighted by atomic mass is 10.2. The summed E-state index contributed by atoms with van der Waals surface area (Å²) in [6.07, 6.45) is 7.84. The number of anilines is 1. The highest BCUT2D eigenvalue weighted by Gasteiger charge is 2.29. The molecule has 2 rings (SSSR count). The van der Waals surface area contributed by atoms with Crippen LogP contribution in [-0.4, -0.2) is 44.1 Å². The Balaban J connectivity index is 1.98. The maximum Gasteiger partial charge on any atom is 0.319 e. The van der Waals surface area contributed by atoms with Gasteiger partial charge in [-0.05, 0) is 26.7 Å². The normalized spacial score (nSPS) is 11.7. The lowest BCUT2D eigenvalue weighted by molar-refractivity contribution is -0.138. The number of aliphatic carboxylic acids is 1. The van der Waals surface area contributed by atoms with Crippen LogP contribution >= 0.6 is 23.1 Å². The van der Waals surface area contributed by atoms with E-state index in [2.05, 4.69) is 40.0 Å². The summed E-state index contributed by atoms with van der Waals surface area (Å²) in [7, 11) is 0. The minimum atomic E-state index is -0.870. The first kappa shape index (κ1) is 23.7. The van der Waals surface area contributed by atoms with Crippen LogP contribution in [0.1, 0.15) is 71.2 Å². The molecule has 2 aromatic rings. The summed E-state index contributed by atoms with van der Waals surface area (Å²) >= 11 is 2.84. The smallest absolute Gasteiger partial charge is 0.319 e. The van der Waals surface area contributed by atoms with E-state index in [0.29, 0.717) is 0 Å². The van der Waals surface area contributed by atoms with Crippen molar-refractivity contribution in [1.29, 1.82) is 0 Å². The van der Waals surface area contributed by atoms with Gasteiger partial charge in [-0.25, -0.2) is 4.98 Å². The number of nitrogens with zero attached hydrogens (tertiary/aromatic N) is 3. The molecule has 0 unspecified atom stereocenters. The first-order valence-corrected chi connectivity index (χ1v) is 12.2. The van der Waals surface area contributed by atoms with Crippen LogP contribution in [0.15, 0.2) is 15.8 Å². The Morgan fingerprint density at radius 1 is 1.21 bits per heavy atom. The maximum absolute atomic E-state index is 11.3. The molecule has 0 aliphatic heterocycles. The summed E-state index contributed by atoms with van der Waals surface area (Å²) in [5.41, 5.74) is 2.20. The quantitative estimate of drug-likeness (QED) is 0.303. The molecule has 2 heterocycles. The van der Waals surface area contributed by atoms with Crippen LogP contribution in [0.5, 0.6) is 0 Å². The average Bonchev–Trinajstić information content (AvgIpc) is 3.30. The average molecular weight is 439 g/mol. The number of aryl methyl sites for hydroxylation is 1. The number of aromatic nitrogens is 3. The zero-order chi connectivity index (χ0) is 21.3. The molecule has 0 spiro atoms. The molecule has 0 saturated heterocycles. The van der Waals surface area contributed by atoms with Gasteiger partial charge in [-0.1, -0.05) is 51.3 Å². The molecule has 29 heavy (non-hydrogen) atoms. The number of hydrogen-bond donors (Lipinski definition) is 2. The maximum atomic E-state index is 11.3. The van der Waals surface area contributed by atoms with E-state index in [0.717, 1.165) is 54.6 Å². The van der Waals surface area contributed by atoms with Crippen LogP contribution in [0.3, 0.4) is 0 Å². The summed E-state index contributed by atoms with van der Waals surface area (Å²) < 4.78 is -0.0579. The van der Waals surface area contributed by atoms with Crippen molar-refractivity contribution in [2.24, 2.45) is 0 Å². The molecular weight excluding hydrogens is 404 g/mol. The molecular formula is C21H34N4O2S2. The Kier molecular flexibility index (Phi) is 9.49. The summed E-state index contributed by atoms with van der Waals surface area (Å²) in [5.74, 6) is 0.195. The van der Waals surface area contributed by atoms with Gasteiger partial charge in [0.25, 0.3) is 0 Å². The van der Waals surface area contributed by atoms with Crippen molar-refractivity contribution in [2.45, 2.75) is 81.7 Å². The van der Waals surface area contributed by atoms with Gasteiger partial charge in [-0.3, -0.25) is 9.89 Å². The number of nitrogens with one attached hydrogen (secondary N) is 1. The van der Waals surface area contributed by atoms with Gasteiger partial charge in [0.1, 0.15) is 4.75 Å². The molecule has 0 radical (unpaired) electrons. The van der Waals surface area contributed by atoms with Gasteiger partial charge >= 0.3 is 5.97 Å². The van der Waals surface area contributed by atoms with Gasteiger partial charge in [-0.2, -0.15) is 5.10 Å². The number of rotatable bonds is 14. The molecule has 0 aliphatic rings. The van der Waals surface area contributed by atoms with Crippen LogP contribution in [0.25, 0.3) is 0 Å². The highest BCUT2D eigenvalue weighted by Crippen LogP contribution is 2.34. The van der Waals surface area contributed by atoms with E-state index in [9.17, 15) is 9.90 Å². The van der Waals surface area contributed by atoms with Crippen molar-refractivity contribution < 1.29 is 9.90 Å². The molecule has 0 aromatic carbocycles. The van der Waals surface area contributed by atoms with E-state index in [4.69, 9.17) is 0 Å². The van der Waals surface area contributed by atoms with Crippen LogP contribution < -0.4 is 4.90 Å². The first-order valence-electron chi connectivity index (χ1n) is 10.5. The Labute approximate surface area is 182 Å². The SMILES string of the molecule is CCCCCCN(CCc1csc(SC(C)(C)C(=O)O)n1)c1cc(CCC)[nH]n1. The standard InChI is InChI=1S/C21H34N4O2S2/c1-5-7-8-9-12-25(18-14-16(10-6-2)23-24-18)13-11-17-15-28-20(22-17)29-21(3,4)19(26)27/h14-15H,5-13H2,1-4H3,(H,23,24)(H,26,27). The predicted molar refractivity (Wildman–Crippen MR) is 122 cm³/mol. The molecule has 0 saturated carbocycles. The third-order valence-electron chi connectivity index (χ3n) is 4.77. The molecule has 162 valence electrons. The Morgan fingerprint density at radius 2 is 2.00 bits per heavy atom. The Morgan fingerprint density at radius 3 is 2.69 bits per heavy atom. The van der Waals surface area contributed by atoms with E-state index in [-0.39, 0.29) is 0 Å². The predicted octanol–water partition coefficient (Wildman–Crippen LogP) is 5.40. The molecule has 8 heteroatoms. The second kappa shape index (κ2) is 11.6. The van der Waals surface area contributed by atoms with Crippen LogP contribution in [0, 0.1) is 0 Å². The number of carboxylic acid groups (broad SMARTS) is 1. The van der Waals surface area contributed by atoms with Gasteiger partial charge < -0.3 is 10.0 Å². The summed E-state index contributed by atoms with van der Waals surface area (Å²) in [6.45, 7) is 9.68. The second-order valence-electron chi connectivity index (χ2n) is 7.82. The van der Waals surface area contributed by atoms with E-state index in [1.165, 1.54) is 48.1 Å². The van der Waals surface area contributed by atoms with Crippen molar-refractivity contribution in [1.82, 2.24) is 15.2 Å². The second-order valence-corrected chi connectivity index (χ2v) is 10.5. The lowest BCUT2D eigenvalue weighted by Crippen LogP contribution is -2.27. The van der Waals surface area contributed by atoms with E-state index < -0.39 is 10.7 Å². The number of thiazole rings is 1. The molecule has 0 bridgehead atoms. The summed E-state index contributed by atoms with van der Waals surface area (Å²) in [6, 6.07) is 2.17. The van der Waals surface area contributed by atoms with Crippen molar-refractivity contribution >= 4 is 34.9 Å². The molecule has 0 aliphatic carbocycles. The van der Waals surface area contributed by atoms with Crippen LogP contribution in [-0.2, 0) is 17.6 Å². The van der Waals surface area contributed by atoms with Crippen molar-refractivity contribution in [3.8, 4) is 0 Å². The highest BCUT2D eigenvalue weighted by atomic mass is 32.2. The van der Waals surface area contributed by atoms with Gasteiger partial charge in [0.2, 0.25) is 0 Å². The number of H-pyrrole nitrogens is 1. The van der Waals surface area contributed by atoms with E-state index in [1.54, 1.807) is 13.8 Å². The van der Waals surface area contributed by atoms with Crippen LogP contribution in [0.4, 0.5) is 5.82 Å². The minimum Gasteiger partial charge on any atom is -0.480 e. The highest BCUT2D eigenvalue weighted by molar-refractivity contribution is 8.02. The Hall–Kier alpha value is -1.54. The first-order chi connectivity index (χ1) is 13.9. The molecule has 2 aromatic heterocycles. The third kappa shape index (κ3) is 7.66. The number of hydrogen-bond acceptors (Lipinski definition) is 6. The number of carboxylic acids is 1. The van der Waals surface area contributed by atoms with Gasteiger partial charge in [0.05, 0.1) is 5.69 Å². The fourth-order valence-corrected chi connectivity index (χ4v) is 5.17. The fourth-order valence-electron chi connectivity index (χ4n) is 2.94. The van der Waals surface area contributed by atoms with Crippen LogP contribution in [0.2, 0.25) is 0 Å². The van der Waals surface area contributed by atoms with Crippen molar-refractivity contribution in [3.05, 3.63) is 22.8 Å². The molecule has 6 nitrogen and oxygen atoms in total. The van der Waals surface area contributed by atoms with Gasteiger partial charge in [0, 0.05) is 36.7 Å². The van der Waals surface area contributed by atoms with E-state index >= 15 is 0 Å². The minimum absolute atomic E-state index is 0.812. The molecule has 0 fully saturated rings. The zero-order valence-electron chi connectivity index (χ0n) is 18.0. The molecule has 2 N–H and O–H groups in total.